The van der Waals surface area contributed by atoms with Crippen LogP contribution in [0.3, 0.4) is 0 Å². The molecule has 0 unspecified atom stereocenters. The van der Waals surface area contributed by atoms with Gasteiger partial charge in [0.15, 0.2) is 0 Å². The Morgan fingerprint density at radius 3 is 2.78 bits per heavy atom. The molecule has 2 N–H and O–H groups in total. The number of hydrogen-bond acceptors (Lipinski definition) is 6. The summed E-state index contributed by atoms with van der Waals surface area (Å²) in [6.45, 7) is 0. The minimum Gasteiger partial charge on any atom is -0.369 e. The molecule has 1 aliphatic rings. The van der Waals surface area contributed by atoms with E-state index in [1.54, 1.807) is 22.7 Å². The van der Waals surface area contributed by atoms with Crippen molar-refractivity contribution in [2.24, 2.45) is 5.73 Å². The van der Waals surface area contributed by atoms with Gasteiger partial charge < -0.3 is 5.73 Å². The zero-order chi connectivity index (χ0) is 18.8. The van der Waals surface area contributed by atoms with E-state index in [0.29, 0.717) is 10.6 Å². The minimum atomic E-state index is -0.418. The maximum atomic E-state index is 11.3. The van der Waals surface area contributed by atoms with Crippen molar-refractivity contribution < 1.29 is 4.79 Å². The summed E-state index contributed by atoms with van der Waals surface area (Å²) in [6, 6.07) is 10.5. The molecular formula is C20H15N3OS3. The van der Waals surface area contributed by atoms with Gasteiger partial charge in [-0.3, -0.25) is 4.79 Å². The van der Waals surface area contributed by atoms with E-state index in [2.05, 4.69) is 23.6 Å². The summed E-state index contributed by atoms with van der Waals surface area (Å²) in [4.78, 5) is 18.3. The Morgan fingerprint density at radius 1 is 1.30 bits per heavy atom. The number of primary amides is 1. The van der Waals surface area contributed by atoms with Gasteiger partial charge >= 0.3 is 0 Å². The van der Waals surface area contributed by atoms with Gasteiger partial charge in [-0.2, -0.15) is 5.26 Å². The fraction of sp³-hybridized carbons (Fsp3) is 0.150. The molecule has 134 valence electrons. The summed E-state index contributed by atoms with van der Waals surface area (Å²) in [6.07, 6.45) is 3.94. The third-order valence-electron chi connectivity index (χ3n) is 4.30. The monoisotopic (exact) mass is 409 g/mol. The van der Waals surface area contributed by atoms with Gasteiger partial charge in [0.1, 0.15) is 11.1 Å². The summed E-state index contributed by atoms with van der Waals surface area (Å²) < 4.78 is 0. The average molecular weight is 410 g/mol. The highest BCUT2D eigenvalue weighted by molar-refractivity contribution is 8.00. The van der Waals surface area contributed by atoms with Crippen LogP contribution in [0.5, 0.6) is 0 Å². The van der Waals surface area contributed by atoms with Crippen LogP contribution in [0.4, 0.5) is 0 Å². The van der Waals surface area contributed by atoms with Crippen LogP contribution in [-0.4, -0.2) is 16.6 Å². The van der Waals surface area contributed by atoms with E-state index in [9.17, 15) is 10.1 Å². The van der Waals surface area contributed by atoms with Crippen molar-refractivity contribution in [1.29, 1.82) is 5.26 Å². The van der Waals surface area contributed by atoms with E-state index in [1.165, 1.54) is 22.2 Å². The van der Waals surface area contributed by atoms with Crippen LogP contribution in [0.15, 0.2) is 40.1 Å². The average Bonchev–Trinajstić information content (AvgIpc) is 3.41. The minimum absolute atomic E-state index is 0.105. The van der Waals surface area contributed by atoms with Gasteiger partial charge in [-0.1, -0.05) is 23.9 Å². The highest BCUT2D eigenvalue weighted by atomic mass is 32.2. The van der Waals surface area contributed by atoms with Crippen LogP contribution in [0.25, 0.3) is 22.1 Å². The second kappa shape index (κ2) is 7.69. The van der Waals surface area contributed by atoms with E-state index in [-0.39, 0.29) is 5.75 Å². The number of carbonyl (C=O) groups is 1. The van der Waals surface area contributed by atoms with E-state index < -0.39 is 5.91 Å². The number of allylic oxidation sites excluding steroid dienone is 1. The predicted octanol–water partition coefficient (Wildman–Crippen LogP) is 4.81. The number of nitriles is 1. The Kier molecular flexibility index (Phi) is 5.12. The molecule has 4 rings (SSSR count). The van der Waals surface area contributed by atoms with Crippen molar-refractivity contribution in [2.75, 3.05) is 5.75 Å². The molecule has 0 spiro atoms. The molecule has 0 aromatic carbocycles. The number of thioether (sulfide) groups is 1. The quantitative estimate of drug-likeness (QED) is 0.614. The molecule has 3 aromatic heterocycles. The van der Waals surface area contributed by atoms with Crippen LogP contribution in [-0.2, 0) is 11.2 Å². The maximum absolute atomic E-state index is 11.3. The third-order valence-corrected chi connectivity index (χ3v) is 7.01. The molecule has 27 heavy (non-hydrogen) atoms. The molecule has 1 aliphatic carbocycles. The lowest BCUT2D eigenvalue weighted by Crippen LogP contribution is -2.13. The molecule has 0 atom stereocenters. The Bertz CT molecular complexity index is 1060. The fourth-order valence-electron chi connectivity index (χ4n) is 3.21. The number of amides is 1. The van der Waals surface area contributed by atoms with Gasteiger partial charge in [0.25, 0.3) is 0 Å². The Morgan fingerprint density at radius 2 is 2.11 bits per heavy atom. The molecular weight excluding hydrogens is 394 g/mol. The van der Waals surface area contributed by atoms with Gasteiger partial charge in [-0.15, -0.1) is 22.7 Å². The molecule has 0 radical (unpaired) electrons. The normalized spacial score (nSPS) is 14.3. The Hall–Kier alpha value is -2.40. The largest absolute Gasteiger partial charge is 0.369 e. The van der Waals surface area contributed by atoms with E-state index in [4.69, 9.17) is 10.7 Å². The van der Waals surface area contributed by atoms with Crippen molar-refractivity contribution >= 4 is 52.0 Å². The molecule has 4 nitrogen and oxygen atoms in total. The number of pyridine rings is 1. The first kappa shape index (κ1) is 18.0. The highest BCUT2D eigenvalue weighted by Crippen LogP contribution is 2.44. The molecule has 3 aromatic rings. The molecule has 3 heterocycles. The van der Waals surface area contributed by atoms with Gasteiger partial charge in [0, 0.05) is 15.3 Å². The number of rotatable bonds is 5. The van der Waals surface area contributed by atoms with E-state index in [1.807, 2.05) is 23.6 Å². The molecule has 7 heteroatoms. The SMILES string of the molecule is N#Cc1c(SCC(N)=O)nc2c(c1-c1cccs1)CC/C2=C\c1cccs1. The first-order valence-electron chi connectivity index (χ1n) is 8.33. The van der Waals surface area contributed by atoms with Crippen LogP contribution in [0.1, 0.15) is 28.1 Å². The predicted molar refractivity (Wildman–Crippen MR) is 113 cm³/mol. The third kappa shape index (κ3) is 3.56. The summed E-state index contributed by atoms with van der Waals surface area (Å²) in [5.74, 6) is -0.313. The number of nitrogens with two attached hydrogens (primary N) is 1. The number of thiophene rings is 2. The number of carbonyl (C=O) groups excluding carboxylic acids is 1. The molecule has 0 aliphatic heterocycles. The van der Waals surface area contributed by atoms with Crippen LogP contribution in [0.2, 0.25) is 0 Å². The second-order valence-electron chi connectivity index (χ2n) is 6.02. The molecule has 0 bridgehead atoms. The van der Waals surface area contributed by atoms with Gasteiger partial charge in [0.05, 0.1) is 17.0 Å². The summed E-state index contributed by atoms with van der Waals surface area (Å²) in [5, 5.41) is 14.5. The zero-order valence-electron chi connectivity index (χ0n) is 14.3. The van der Waals surface area contributed by atoms with E-state index >= 15 is 0 Å². The topological polar surface area (TPSA) is 79.8 Å². The smallest absolute Gasteiger partial charge is 0.227 e. The number of hydrogen-bond donors (Lipinski definition) is 1. The van der Waals surface area contributed by atoms with Gasteiger partial charge in [0.2, 0.25) is 5.91 Å². The first-order chi connectivity index (χ1) is 13.2. The van der Waals surface area contributed by atoms with Gasteiger partial charge in [-0.05, 0) is 52.9 Å². The molecule has 0 saturated heterocycles. The Labute approximate surface area is 169 Å². The van der Waals surface area contributed by atoms with Crippen molar-refractivity contribution in [3.8, 4) is 16.5 Å². The van der Waals surface area contributed by atoms with Crippen LogP contribution >= 0.6 is 34.4 Å². The van der Waals surface area contributed by atoms with Crippen molar-refractivity contribution in [2.45, 2.75) is 17.9 Å². The van der Waals surface area contributed by atoms with Crippen molar-refractivity contribution in [3.63, 3.8) is 0 Å². The maximum Gasteiger partial charge on any atom is 0.227 e. The summed E-state index contributed by atoms with van der Waals surface area (Å²) >= 11 is 4.54. The lowest BCUT2D eigenvalue weighted by molar-refractivity contribution is -0.115. The Balaban J connectivity index is 1.91. The molecule has 0 saturated carbocycles. The van der Waals surface area contributed by atoms with Crippen molar-refractivity contribution in [1.82, 2.24) is 4.98 Å². The standard InChI is InChI=1S/C20H15N3OS3/c21-10-15-18(16-4-2-8-26-16)14-6-5-12(9-13-3-1-7-25-13)19(14)23-20(15)27-11-17(22)24/h1-4,7-9H,5-6,11H2,(H2,22,24)/b12-9+. The highest BCUT2D eigenvalue weighted by Gasteiger charge is 2.27. The molecule has 0 fully saturated rings. The van der Waals surface area contributed by atoms with E-state index in [0.717, 1.165) is 34.5 Å². The first-order valence-corrected chi connectivity index (χ1v) is 11.1. The summed E-state index contributed by atoms with van der Waals surface area (Å²) in [7, 11) is 0. The van der Waals surface area contributed by atoms with Crippen LogP contribution in [0, 0.1) is 11.3 Å². The lowest BCUT2D eigenvalue weighted by Gasteiger charge is -2.13. The number of aromatic nitrogens is 1. The van der Waals surface area contributed by atoms with Gasteiger partial charge in [-0.25, -0.2) is 4.98 Å². The fourth-order valence-corrected chi connectivity index (χ4v) is 5.43. The zero-order valence-corrected chi connectivity index (χ0v) is 16.7. The van der Waals surface area contributed by atoms with Crippen LogP contribution < -0.4 is 5.73 Å². The summed E-state index contributed by atoms with van der Waals surface area (Å²) in [5.41, 5.74) is 10.1. The number of nitrogens with zero attached hydrogens (tertiary/aromatic N) is 2. The second-order valence-corrected chi connectivity index (χ2v) is 8.91. The lowest BCUT2D eigenvalue weighted by atomic mass is 10.0. The van der Waals surface area contributed by atoms with Crippen molar-refractivity contribution in [3.05, 3.63) is 56.7 Å². The number of fused-ring (bicyclic) bond motifs is 1. The molecule has 1 amide bonds.